The zero-order valence-electron chi connectivity index (χ0n) is 13.4. The SMILES string of the molecule is CC(C)Oc1ccc(NCc2csc(C(C)(C)C)n2)cc1. The lowest BCUT2D eigenvalue weighted by Gasteiger charge is -2.13. The van der Waals surface area contributed by atoms with Gasteiger partial charge in [0.05, 0.1) is 23.4 Å². The third kappa shape index (κ3) is 4.74. The van der Waals surface area contributed by atoms with Gasteiger partial charge in [-0.25, -0.2) is 4.98 Å². The fourth-order valence-corrected chi connectivity index (χ4v) is 2.76. The van der Waals surface area contributed by atoms with Crippen LogP contribution in [0.4, 0.5) is 5.69 Å². The second-order valence-electron chi connectivity index (χ2n) is 6.44. The molecule has 21 heavy (non-hydrogen) atoms. The highest BCUT2D eigenvalue weighted by Gasteiger charge is 2.17. The van der Waals surface area contributed by atoms with Crippen LogP contribution >= 0.6 is 11.3 Å². The summed E-state index contributed by atoms with van der Waals surface area (Å²) >= 11 is 1.73. The van der Waals surface area contributed by atoms with Gasteiger partial charge in [-0.15, -0.1) is 11.3 Å². The topological polar surface area (TPSA) is 34.1 Å². The van der Waals surface area contributed by atoms with E-state index in [0.717, 1.165) is 23.7 Å². The van der Waals surface area contributed by atoms with E-state index in [1.807, 2.05) is 38.1 Å². The van der Waals surface area contributed by atoms with E-state index >= 15 is 0 Å². The molecule has 0 unspecified atom stereocenters. The summed E-state index contributed by atoms with van der Waals surface area (Å²) in [7, 11) is 0. The molecule has 114 valence electrons. The van der Waals surface area contributed by atoms with Crippen LogP contribution in [0.2, 0.25) is 0 Å². The number of aromatic nitrogens is 1. The Hall–Kier alpha value is -1.55. The van der Waals surface area contributed by atoms with Crippen molar-refractivity contribution in [2.45, 2.75) is 52.7 Å². The number of rotatable bonds is 5. The Kier molecular flexibility index (Phi) is 4.88. The maximum absolute atomic E-state index is 5.63. The summed E-state index contributed by atoms with van der Waals surface area (Å²) < 4.78 is 5.63. The van der Waals surface area contributed by atoms with Crippen molar-refractivity contribution in [1.82, 2.24) is 4.98 Å². The van der Waals surface area contributed by atoms with Gasteiger partial charge in [0.25, 0.3) is 0 Å². The van der Waals surface area contributed by atoms with Gasteiger partial charge in [0.2, 0.25) is 0 Å². The molecule has 0 aliphatic carbocycles. The van der Waals surface area contributed by atoms with Crippen LogP contribution in [0.5, 0.6) is 5.75 Å². The molecule has 1 N–H and O–H groups in total. The minimum atomic E-state index is 0.124. The Morgan fingerprint density at radius 3 is 2.38 bits per heavy atom. The molecule has 0 bridgehead atoms. The van der Waals surface area contributed by atoms with Crippen LogP contribution in [0.15, 0.2) is 29.6 Å². The van der Waals surface area contributed by atoms with Crippen molar-refractivity contribution >= 4 is 17.0 Å². The highest BCUT2D eigenvalue weighted by molar-refractivity contribution is 7.09. The standard InChI is InChI=1S/C17H24N2OS/c1-12(2)20-15-8-6-13(7-9-15)18-10-14-11-21-16(19-14)17(3,4)5/h6-9,11-12,18H,10H2,1-5H3. The first-order valence-electron chi connectivity index (χ1n) is 7.30. The summed E-state index contributed by atoms with van der Waals surface area (Å²) in [6.07, 6.45) is 0.203. The molecule has 3 nitrogen and oxygen atoms in total. The van der Waals surface area contributed by atoms with E-state index in [1.54, 1.807) is 11.3 Å². The molecular weight excluding hydrogens is 280 g/mol. The van der Waals surface area contributed by atoms with Gasteiger partial charge in [0.1, 0.15) is 5.75 Å². The summed E-state index contributed by atoms with van der Waals surface area (Å²) in [6, 6.07) is 8.05. The van der Waals surface area contributed by atoms with E-state index < -0.39 is 0 Å². The Morgan fingerprint density at radius 1 is 1.19 bits per heavy atom. The molecule has 0 aliphatic rings. The van der Waals surface area contributed by atoms with Gasteiger partial charge < -0.3 is 10.1 Å². The number of nitrogens with zero attached hydrogens (tertiary/aromatic N) is 1. The molecule has 0 saturated heterocycles. The number of ether oxygens (including phenoxy) is 1. The van der Waals surface area contributed by atoms with Gasteiger partial charge in [-0.05, 0) is 38.1 Å². The molecule has 1 aromatic carbocycles. The fourth-order valence-electron chi connectivity index (χ4n) is 1.85. The molecule has 0 radical (unpaired) electrons. The van der Waals surface area contributed by atoms with Crippen LogP contribution in [0, 0.1) is 0 Å². The zero-order valence-corrected chi connectivity index (χ0v) is 14.3. The molecule has 1 heterocycles. The number of benzene rings is 1. The Labute approximate surface area is 131 Å². The molecule has 1 aromatic heterocycles. The van der Waals surface area contributed by atoms with Crippen LogP contribution in [-0.2, 0) is 12.0 Å². The second-order valence-corrected chi connectivity index (χ2v) is 7.30. The second kappa shape index (κ2) is 6.48. The van der Waals surface area contributed by atoms with Crippen LogP contribution in [0.1, 0.15) is 45.3 Å². The quantitative estimate of drug-likeness (QED) is 0.858. The number of hydrogen-bond acceptors (Lipinski definition) is 4. The van der Waals surface area contributed by atoms with Crippen molar-refractivity contribution in [2.75, 3.05) is 5.32 Å². The van der Waals surface area contributed by atoms with E-state index in [1.165, 1.54) is 5.01 Å². The average molecular weight is 304 g/mol. The largest absolute Gasteiger partial charge is 0.491 e. The molecule has 0 spiro atoms. The molecule has 0 amide bonds. The predicted octanol–water partition coefficient (Wildman–Crippen LogP) is 4.84. The van der Waals surface area contributed by atoms with Crippen LogP contribution in [0.3, 0.4) is 0 Å². The molecule has 0 aliphatic heterocycles. The normalized spacial score (nSPS) is 11.7. The minimum absolute atomic E-state index is 0.124. The van der Waals surface area contributed by atoms with Crippen LogP contribution in [-0.4, -0.2) is 11.1 Å². The number of anilines is 1. The molecule has 0 saturated carbocycles. The highest BCUT2D eigenvalue weighted by atomic mass is 32.1. The highest BCUT2D eigenvalue weighted by Crippen LogP contribution is 2.26. The molecule has 4 heteroatoms. The first-order valence-corrected chi connectivity index (χ1v) is 8.18. The Morgan fingerprint density at radius 2 is 1.86 bits per heavy atom. The van der Waals surface area contributed by atoms with E-state index in [9.17, 15) is 0 Å². The van der Waals surface area contributed by atoms with E-state index in [-0.39, 0.29) is 11.5 Å². The van der Waals surface area contributed by atoms with Crippen molar-refractivity contribution in [1.29, 1.82) is 0 Å². The number of hydrogen-bond donors (Lipinski definition) is 1. The van der Waals surface area contributed by atoms with Gasteiger partial charge >= 0.3 is 0 Å². The third-order valence-corrected chi connectivity index (χ3v) is 4.21. The van der Waals surface area contributed by atoms with Crippen LogP contribution in [0.25, 0.3) is 0 Å². The zero-order chi connectivity index (χ0) is 15.5. The third-order valence-electron chi connectivity index (χ3n) is 2.89. The first-order chi connectivity index (χ1) is 9.84. The van der Waals surface area contributed by atoms with Crippen molar-refractivity contribution in [3.05, 3.63) is 40.3 Å². The van der Waals surface area contributed by atoms with Crippen LogP contribution < -0.4 is 10.1 Å². The van der Waals surface area contributed by atoms with Gasteiger partial charge in [-0.1, -0.05) is 20.8 Å². The summed E-state index contributed by atoms with van der Waals surface area (Å²) in [6.45, 7) is 11.4. The van der Waals surface area contributed by atoms with E-state index in [2.05, 4.69) is 36.5 Å². The lowest BCUT2D eigenvalue weighted by atomic mass is 9.98. The summed E-state index contributed by atoms with van der Waals surface area (Å²) in [5, 5.41) is 6.70. The lowest BCUT2D eigenvalue weighted by Crippen LogP contribution is -2.11. The van der Waals surface area contributed by atoms with Crippen molar-refractivity contribution in [2.24, 2.45) is 0 Å². The average Bonchev–Trinajstić information content (AvgIpc) is 2.86. The predicted molar refractivity (Wildman–Crippen MR) is 90.3 cm³/mol. The smallest absolute Gasteiger partial charge is 0.119 e. The molecule has 2 rings (SSSR count). The molecule has 0 fully saturated rings. The minimum Gasteiger partial charge on any atom is -0.491 e. The van der Waals surface area contributed by atoms with Gasteiger partial charge in [0.15, 0.2) is 0 Å². The Balaban J connectivity index is 1.92. The number of thiazole rings is 1. The Bertz CT molecular complexity index is 567. The monoisotopic (exact) mass is 304 g/mol. The van der Waals surface area contributed by atoms with E-state index in [4.69, 9.17) is 4.74 Å². The molecule has 2 aromatic rings. The van der Waals surface area contributed by atoms with Crippen molar-refractivity contribution in [3.8, 4) is 5.75 Å². The fraction of sp³-hybridized carbons (Fsp3) is 0.471. The molecular formula is C17H24N2OS. The number of nitrogens with one attached hydrogen (secondary N) is 1. The van der Waals surface area contributed by atoms with Gasteiger partial charge in [-0.3, -0.25) is 0 Å². The first kappa shape index (κ1) is 15.8. The summed E-state index contributed by atoms with van der Waals surface area (Å²) in [4.78, 5) is 4.68. The van der Waals surface area contributed by atoms with Crippen molar-refractivity contribution < 1.29 is 4.74 Å². The summed E-state index contributed by atoms with van der Waals surface area (Å²) in [5.74, 6) is 0.902. The summed E-state index contributed by atoms with van der Waals surface area (Å²) in [5.41, 5.74) is 2.29. The van der Waals surface area contributed by atoms with E-state index in [0.29, 0.717) is 0 Å². The maximum atomic E-state index is 5.63. The maximum Gasteiger partial charge on any atom is 0.119 e. The van der Waals surface area contributed by atoms with Crippen molar-refractivity contribution in [3.63, 3.8) is 0 Å². The molecule has 0 atom stereocenters. The van der Waals surface area contributed by atoms with Gasteiger partial charge in [0, 0.05) is 16.5 Å². The van der Waals surface area contributed by atoms with Gasteiger partial charge in [-0.2, -0.15) is 0 Å². The lowest BCUT2D eigenvalue weighted by molar-refractivity contribution is 0.242.